The molecule has 4 heteroatoms. The minimum atomic E-state index is 0. The molecule has 3 nitrogen and oxygen atoms in total. The van der Waals surface area contributed by atoms with Gasteiger partial charge >= 0.3 is 0 Å². The SMILES string of the molecule is Cl.NC1CCOC2(CCOCC2)C1. The lowest BCUT2D eigenvalue weighted by molar-refractivity contribution is -0.137. The molecule has 78 valence electrons. The Hall–Kier alpha value is 0.170. The van der Waals surface area contributed by atoms with E-state index in [1.165, 1.54) is 0 Å². The van der Waals surface area contributed by atoms with Crippen LogP contribution in [-0.2, 0) is 9.47 Å². The van der Waals surface area contributed by atoms with Gasteiger partial charge in [0.1, 0.15) is 0 Å². The Morgan fingerprint density at radius 1 is 1.15 bits per heavy atom. The molecule has 0 aliphatic carbocycles. The molecule has 1 atom stereocenters. The van der Waals surface area contributed by atoms with Gasteiger partial charge < -0.3 is 15.2 Å². The standard InChI is InChI=1S/C9H17NO2.ClH/c10-8-1-4-12-9(7-8)2-5-11-6-3-9;/h8H,1-7,10H2;1H. The summed E-state index contributed by atoms with van der Waals surface area (Å²) in [5.41, 5.74) is 6.00. The molecule has 0 aromatic rings. The molecule has 2 fully saturated rings. The molecule has 13 heavy (non-hydrogen) atoms. The Bertz CT molecular complexity index is 154. The van der Waals surface area contributed by atoms with Crippen molar-refractivity contribution in [1.29, 1.82) is 0 Å². The van der Waals surface area contributed by atoms with Gasteiger partial charge in [-0.05, 0) is 25.7 Å². The van der Waals surface area contributed by atoms with Crippen molar-refractivity contribution >= 4 is 12.4 Å². The average Bonchev–Trinajstić information content (AvgIpc) is 2.05. The minimum Gasteiger partial charge on any atom is -0.381 e. The van der Waals surface area contributed by atoms with Gasteiger partial charge in [0.25, 0.3) is 0 Å². The van der Waals surface area contributed by atoms with Crippen LogP contribution in [0, 0.1) is 0 Å². The van der Waals surface area contributed by atoms with E-state index in [0.29, 0.717) is 6.04 Å². The van der Waals surface area contributed by atoms with E-state index in [1.807, 2.05) is 0 Å². The first-order valence-electron chi connectivity index (χ1n) is 4.78. The zero-order valence-electron chi connectivity index (χ0n) is 7.83. The molecule has 2 heterocycles. The topological polar surface area (TPSA) is 44.5 Å². The Labute approximate surface area is 85.4 Å². The van der Waals surface area contributed by atoms with Gasteiger partial charge in [0, 0.05) is 25.9 Å². The lowest BCUT2D eigenvalue weighted by atomic mass is 9.84. The van der Waals surface area contributed by atoms with E-state index < -0.39 is 0 Å². The summed E-state index contributed by atoms with van der Waals surface area (Å²) < 4.78 is 11.1. The van der Waals surface area contributed by atoms with Crippen LogP contribution >= 0.6 is 12.4 Å². The van der Waals surface area contributed by atoms with E-state index in [0.717, 1.165) is 45.5 Å². The van der Waals surface area contributed by atoms with Crippen LogP contribution in [-0.4, -0.2) is 31.5 Å². The summed E-state index contributed by atoms with van der Waals surface area (Å²) in [5, 5.41) is 0. The fraction of sp³-hybridized carbons (Fsp3) is 1.00. The third kappa shape index (κ3) is 2.56. The molecule has 0 saturated carbocycles. The quantitative estimate of drug-likeness (QED) is 0.647. The summed E-state index contributed by atoms with van der Waals surface area (Å²) in [6.45, 7) is 2.51. The molecule has 0 aromatic heterocycles. The Balaban J connectivity index is 0.000000845. The minimum absolute atomic E-state index is 0. The lowest BCUT2D eigenvalue weighted by Gasteiger charge is -2.42. The second kappa shape index (κ2) is 4.60. The van der Waals surface area contributed by atoms with Crippen LogP contribution in [0.1, 0.15) is 25.7 Å². The highest BCUT2D eigenvalue weighted by molar-refractivity contribution is 5.85. The first-order valence-corrected chi connectivity index (χ1v) is 4.78. The first kappa shape index (κ1) is 11.2. The van der Waals surface area contributed by atoms with Crippen LogP contribution in [0.15, 0.2) is 0 Å². The normalized spacial score (nSPS) is 32.5. The first-order chi connectivity index (χ1) is 5.81. The van der Waals surface area contributed by atoms with Crippen molar-refractivity contribution in [2.45, 2.75) is 37.3 Å². The van der Waals surface area contributed by atoms with Gasteiger partial charge in [0.2, 0.25) is 0 Å². The Kier molecular flexibility index (Phi) is 3.98. The summed E-state index contributed by atoms with van der Waals surface area (Å²) in [6, 6.07) is 0.344. The van der Waals surface area contributed by atoms with Crippen molar-refractivity contribution in [3.8, 4) is 0 Å². The smallest absolute Gasteiger partial charge is 0.0741 e. The average molecular weight is 208 g/mol. The van der Waals surface area contributed by atoms with Crippen LogP contribution in [0.4, 0.5) is 0 Å². The fourth-order valence-electron chi connectivity index (χ4n) is 2.16. The highest BCUT2D eigenvalue weighted by atomic mass is 35.5. The van der Waals surface area contributed by atoms with Gasteiger partial charge in [-0.2, -0.15) is 0 Å². The maximum Gasteiger partial charge on any atom is 0.0741 e. The summed E-state index contributed by atoms with van der Waals surface area (Å²) in [7, 11) is 0. The Morgan fingerprint density at radius 2 is 1.85 bits per heavy atom. The molecule has 2 aliphatic heterocycles. The van der Waals surface area contributed by atoms with Crippen LogP contribution in [0.3, 0.4) is 0 Å². The molecule has 0 amide bonds. The fourth-order valence-corrected chi connectivity index (χ4v) is 2.16. The van der Waals surface area contributed by atoms with Gasteiger partial charge in [-0.25, -0.2) is 0 Å². The number of hydrogen-bond acceptors (Lipinski definition) is 3. The van der Waals surface area contributed by atoms with E-state index in [9.17, 15) is 0 Å². The van der Waals surface area contributed by atoms with Crippen molar-refractivity contribution in [3.05, 3.63) is 0 Å². The second-order valence-electron chi connectivity index (χ2n) is 3.90. The Morgan fingerprint density at radius 3 is 2.46 bits per heavy atom. The summed E-state index contributed by atoms with van der Waals surface area (Å²) >= 11 is 0. The largest absolute Gasteiger partial charge is 0.381 e. The third-order valence-corrected chi connectivity index (χ3v) is 2.94. The van der Waals surface area contributed by atoms with Gasteiger partial charge in [-0.15, -0.1) is 12.4 Å². The van der Waals surface area contributed by atoms with E-state index in [1.54, 1.807) is 0 Å². The van der Waals surface area contributed by atoms with Crippen LogP contribution in [0.2, 0.25) is 0 Å². The second-order valence-corrected chi connectivity index (χ2v) is 3.90. The van der Waals surface area contributed by atoms with Crippen LogP contribution in [0.25, 0.3) is 0 Å². The molecular weight excluding hydrogens is 190 g/mol. The maximum atomic E-state index is 5.92. The predicted octanol–water partition coefficient (Wildman–Crippen LogP) is 1.10. The molecule has 2 saturated heterocycles. The zero-order valence-corrected chi connectivity index (χ0v) is 8.65. The van der Waals surface area contributed by atoms with Crippen molar-refractivity contribution in [1.82, 2.24) is 0 Å². The molecule has 0 radical (unpaired) electrons. The number of halogens is 1. The molecule has 1 unspecified atom stereocenters. The zero-order chi connectivity index (χ0) is 8.44. The van der Waals surface area contributed by atoms with Gasteiger partial charge in [-0.3, -0.25) is 0 Å². The monoisotopic (exact) mass is 207 g/mol. The van der Waals surface area contributed by atoms with E-state index in [-0.39, 0.29) is 18.0 Å². The van der Waals surface area contributed by atoms with E-state index in [4.69, 9.17) is 15.2 Å². The molecule has 2 N–H and O–H groups in total. The van der Waals surface area contributed by atoms with E-state index in [2.05, 4.69) is 0 Å². The molecule has 0 bridgehead atoms. The third-order valence-electron chi connectivity index (χ3n) is 2.94. The number of nitrogens with two attached hydrogens (primary N) is 1. The van der Waals surface area contributed by atoms with E-state index >= 15 is 0 Å². The summed E-state index contributed by atoms with van der Waals surface area (Å²) in [4.78, 5) is 0. The van der Waals surface area contributed by atoms with Gasteiger partial charge in [-0.1, -0.05) is 0 Å². The number of ether oxygens (including phenoxy) is 2. The number of rotatable bonds is 0. The summed E-state index contributed by atoms with van der Waals surface area (Å²) in [5.74, 6) is 0. The highest BCUT2D eigenvalue weighted by Gasteiger charge is 2.37. The molecular formula is C9H18ClNO2. The predicted molar refractivity (Wildman–Crippen MR) is 53.2 cm³/mol. The molecule has 0 aromatic carbocycles. The van der Waals surface area contributed by atoms with Gasteiger partial charge in [0.15, 0.2) is 0 Å². The highest BCUT2D eigenvalue weighted by Crippen LogP contribution is 2.33. The summed E-state index contributed by atoms with van der Waals surface area (Å²) in [6.07, 6.45) is 4.10. The molecule has 2 aliphatic rings. The van der Waals surface area contributed by atoms with Gasteiger partial charge in [0.05, 0.1) is 5.60 Å². The van der Waals surface area contributed by atoms with Crippen LogP contribution < -0.4 is 5.73 Å². The molecule has 2 rings (SSSR count). The molecule has 1 spiro atoms. The maximum absolute atomic E-state index is 5.92. The van der Waals surface area contributed by atoms with Crippen molar-refractivity contribution in [2.75, 3.05) is 19.8 Å². The van der Waals surface area contributed by atoms with Crippen LogP contribution in [0.5, 0.6) is 0 Å². The number of hydrogen-bond donors (Lipinski definition) is 1. The van der Waals surface area contributed by atoms with Crippen molar-refractivity contribution in [3.63, 3.8) is 0 Å². The lowest BCUT2D eigenvalue weighted by Crippen LogP contribution is -2.48. The van der Waals surface area contributed by atoms with Crippen molar-refractivity contribution < 1.29 is 9.47 Å². The van der Waals surface area contributed by atoms with Crippen molar-refractivity contribution in [2.24, 2.45) is 5.73 Å².